The lowest BCUT2D eigenvalue weighted by molar-refractivity contribution is 0.256. The Bertz CT molecular complexity index is 405. The van der Waals surface area contributed by atoms with Crippen LogP contribution in [0.5, 0.6) is 5.75 Å². The van der Waals surface area contributed by atoms with Crippen molar-refractivity contribution in [2.45, 2.75) is 39.4 Å². The summed E-state index contributed by atoms with van der Waals surface area (Å²) < 4.78 is 5.31. The molecule has 2 N–H and O–H groups in total. The molecule has 1 saturated heterocycles. The van der Waals surface area contributed by atoms with Gasteiger partial charge in [0.2, 0.25) is 0 Å². The zero-order valence-electron chi connectivity index (χ0n) is 11.6. The smallest absolute Gasteiger partial charge is 0.123 e. The van der Waals surface area contributed by atoms with E-state index < -0.39 is 0 Å². The van der Waals surface area contributed by atoms with Crippen LogP contribution in [-0.2, 0) is 13.1 Å². The van der Waals surface area contributed by atoms with Gasteiger partial charge in [0, 0.05) is 31.2 Å². The van der Waals surface area contributed by atoms with Crippen LogP contribution in [0.2, 0.25) is 0 Å². The normalized spacial score (nSPS) is 24.4. The summed E-state index contributed by atoms with van der Waals surface area (Å²) in [6.07, 6.45) is 1.31. The van der Waals surface area contributed by atoms with Gasteiger partial charge < -0.3 is 10.5 Å². The summed E-state index contributed by atoms with van der Waals surface area (Å²) in [6.45, 7) is 7.39. The molecule has 1 aliphatic heterocycles. The van der Waals surface area contributed by atoms with E-state index in [1.54, 1.807) is 7.11 Å². The Morgan fingerprint density at radius 3 is 2.72 bits per heavy atom. The first-order valence-electron chi connectivity index (χ1n) is 6.74. The topological polar surface area (TPSA) is 38.5 Å². The zero-order chi connectivity index (χ0) is 13.1. The van der Waals surface area contributed by atoms with E-state index in [2.05, 4.69) is 30.9 Å². The van der Waals surface area contributed by atoms with Crippen LogP contribution in [0, 0.1) is 5.92 Å². The highest BCUT2D eigenvalue weighted by molar-refractivity contribution is 5.37. The van der Waals surface area contributed by atoms with E-state index in [1.807, 2.05) is 6.07 Å². The van der Waals surface area contributed by atoms with Gasteiger partial charge in [-0.1, -0.05) is 13.0 Å². The molecule has 0 aliphatic carbocycles. The third-order valence-corrected chi connectivity index (χ3v) is 3.86. The lowest BCUT2D eigenvalue weighted by Gasteiger charge is -2.21. The third kappa shape index (κ3) is 2.85. The van der Waals surface area contributed by atoms with Gasteiger partial charge in [-0.05, 0) is 37.0 Å². The largest absolute Gasteiger partial charge is 0.496 e. The molecular weight excluding hydrogens is 224 g/mol. The standard InChI is InChI=1S/C15H24N2O/c1-11-6-12(2)17(9-11)10-13-4-5-15(18-3)14(7-13)8-16/h4-5,7,11-12H,6,8-10,16H2,1-3H3. The molecule has 1 aromatic rings. The predicted octanol–water partition coefficient (Wildman–Crippen LogP) is 2.38. The summed E-state index contributed by atoms with van der Waals surface area (Å²) in [4.78, 5) is 2.55. The van der Waals surface area contributed by atoms with Crippen molar-refractivity contribution in [3.05, 3.63) is 29.3 Å². The Morgan fingerprint density at radius 1 is 1.39 bits per heavy atom. The molecule has 1 aromatic carbocycles. The minimum atomic E-state index is 0.531. The highest BCUT2D eigenvalue weighted by atomic mass is 16.5. The van der Waals surface area contributed by atoms with Crippen LogP contribution in [0.4, 0.5) is 0 Å². The molecule has 18 heavy (non-hydrogen) atoms. The molecule has 0 radical (unpaired) electrons. The average molecular weight is 248 g/mol. The van der Waals surface area contributed by atoms with Crippen LogP contribution in [0.1, 0.15) is 31.4 Å². The summed E-state index contributed by atoms with van der Waals surface area (Å²) in [6, 6.07) is 7.03. The Morgan fingerprint density at radius 2 is 2.17 bits per heavy atom. The quantitative estimate of drug-likeness (QED) is 0.889. The SMILES string of the molecule is COc1ccc(CN2CC(C)CC2C)cc1CN. The van der Waals surface area contributed by atoms with E-state index >= 15 is 0 Å². The number of nitrogens with two attached hydrogens (primary N) is 1. The first kappa shape index (κ1) is 13.4. The summed E-state index contributed by atoms with van der Waals surface area (Å²) in [5.41, 5.74) is 8.18. The molecule has 2 rings (SSSR count). The van der Waals surface area contributed by atoms with Crippen molar-refractivity contribution in [1.29, 1.82) is 0 Å². The van der Waals surface area contributed by atoms with E-state index in [0.717, 1.165) is 23.8 Å². The maximum absolute atomic E-state index is 5.76. The van der Waals surface area contributed by atoms with Gasteiger partial charge in [0.15, 0.2) is 0 Å². The number of rotatable bonds is 4. The number of hydrogen-bond donors (Lipinski definition) is 1. The van der Waals surface area contributed by atoms with Gasteiger partial charge in [-0.15, -0.1) is 0 Å². The Hall–Kier alpha value is -1.06. The van der Waals surface area contributed by atoms with E-state index in [-0.39, 0.29) is 0 Å². The van der Waals surface area contributed by atoms with Gasteiger partial charge in [0.1, 0.15) is 5.75 Å². The Labute approximate surface area is 110 Å². The second-order valence-electron chi connectivity index (χ2n) is 5.47. The molecule has 0 amide bonds. The van der Waals surface area contributed by atoms with Crippen molar-refractivity contribution in [1.82, 2.24) is 4.90 Å². The van der Waals surface area contributed by atoms with Crippen molar-refractivity contribution >= 4 is 0 Å². The lowest BCUT2D eigenvalue weighted by atomic mass is 10.1. The average Bonchev–Trinajstić information content (AvgIpc) is 2.67. The Balaban J connectivity index is 2.10. The second-order valence-corrected chi connectivity index (χ2v) is 5.47. The third-order valence-electron chi connectivity index (χ3n) is 3.86. The monoisotopic (exact) mass is 248 g/mol. The van der Waals surface area contributed by atoms with Crippen LogP contribution < -0.4 is 10.5 Å². The minimum absolute atomic E-state index is 0.531. The minimum Gasteiger partial charge on any atom is -0.496 e. The van der Waals surface area contributed by atoms with E-state index in [1.165, 1.54) is 18.5 Å². The van der Waals surface area contributed by atoms with E-state index in [9.17, 15) is 0 Å². The molecule has 0 aromatic heterocycles. The summed E-state index contributed by atoms with van der Waals surface area (Å²) >= 11 is 0. The molecule has 3 heteroatoms. The van der Waals surface area contributed by atoms with Gasteiger partial charge in [-0.25, -0.2) is 0 Å². The summed E-state index contributed by atoms with van der Waals surface area (Å²) in [5, 5.41) is 0. The number of ether oxygens (including phenoxy) is 1. The second kappa shape index (κ2) is 5.72. The fraction of sp³-hybridized carbons (Fsp3) is 0.600. The van der Waals surface area contributed by atoms with Gasteiger partial charge in [0.25, 0.3) is 0 Å². The van der Waals surface area contributed by atoms with Crippen LogP contribution in [-0.4, -0.2) is 24.6 Å². The highest BCUT2D eigenvalue weighted by Gasteiger charge is 2.25. The van der Waals surface area contributed by atoms with Crippen molar-refractivity contribution in [2.24, 2.45) is 11.7 Å². The molecule has 3 nitrogen and oxygen atoms in total. The van der Waals surface area contributed by atoms with Gasteiger partial charge >= 0.3 is 0 Å². The number of likely N-dealkylation sites (tertiary alicyclic amines) is 1. The summed E-state index contributed by atoms with van der Waals surface area (Å²) in [7, 11) is 1.69. The van der Waals surface area contributed by atoms with Crippen molar-refractivity contribution in [2.75, 3.05) is 13.7 Å². The van der Waals surface area contributed by atoms with E-state index in [0.29, 0.717) is 12.6 Å². The Kier molecular flexibility index (Phi) is 4.25. The van der Waals surface area contributed by atoms with Crippen LogP contribution in [0.25, 0.3) is 0 Å². The van der Waals surface area contributed by atoms with Crippen molar-refractivity contribution in [3.8, 4) is 5.75 Å². The maximum atomic E-state index is 5.76. The lowest BCUT2D eigenvalue weighted by Crippen LogP contribution is -2.26. The fourth-order valence-electron chi connectivity index (χ4n) is 2.93. The van der Waals surface area contributed by atoms with Gasteiger partial charge in [0.05, 0.1) is 7.11 Å². The maximum Gasteiger partial charge on any atom is 0.123 e. The van der Waals surface area contributed by atoms with Crippen LogP contribution >= 0.6 is 0 Å². The van der Waals surface area contributed by atoms with Gasteiger partial charge in [-0.2, -0.15) is 0 Å². The molecule has 0 spiro atoms. The molecule has 0 saturated carbocycles. The van der Waals surface area contributed by atoms with Gasteiger partial charge in [-0.3, -0.25) is 4.90 Å². The fourth-order valence-corrected chi connectivity index (χ4v) is 2.93. The zero-order valence-corrected chi connectivity index (χ0v) is 11.6. The first-order valence-corrected chi connectivity index (χ1v) is 6.74. The van der Waals surface area contributed by atoms with Crippen LogP contribution in [0.3, 0.4) is 0 Å². The predicted molar refractivity (Wildman–Crippen MR) is 74.5 cm³/mol. The number of benzene rings is 1. The van der Waals surface area contributed by atoms with E-state index in [4.69, 9.17) is 10.5 Å². The number of hydrogen-bond acceptors (Lipinski definition) is 3. The number of nitrogens with zero attached hydrogens (tertiary/aromatic N) is 1. The molecular formula is C15H24N2O. The number of methoxy groups -OCH3 is 1. The summed E-state index contributed by atoms with van der Waals surface area (Å²) in [5.74, 6) is 1.70. The van der Waals surface area contributed by atoms with Crippen molar-refractivity contribution < 1.29 is 4.74 Å². The molecule has 1 aliphatic rings. The molecule has 1 fully saturated rings. The molecule has 0 bridgehead atoms. The molecule has 100 valence electrons. The van der Waals surface area contributed by atoms with Crippen molar-refractivity contribution in [3.63, 3.8) is 0 Å². The molecule has 2 unspecified atom stereocenters. The first-order chi connectivity index (χ1) is 8.63. The highest BCUT2D eigenvalue weighted by Crippen LogP contribution is 2.26. The molecule has 1 heterocycles. The van der Waals surface area contributed by atoms with Crippen LogP contribution in [0.15, 0.2) is 18.2 Å². The molecule has 2 atom stereocenters.